The second-order valence-electron chi connectivity index (χ2n) is 33.0. The number of aromatic nitrogens is 12. The number of ether oxygens (including phenoxy) is 8. The summed E-state index contributed by atoms with van der Waals surface area (Å²) >= 11 is 18.9. The predicted octanol–water partition coefficient (Wildman–Crippen LogP) is 20.1. The molecule has 0 radical (unpaired) electrons. The molecule has 0 spiro atoms. The molecule has 19 rings (SSSR count). The van der Waals surface area contributed by atoms with E-state index in [0.717, 1.165) is 188 Å². The van der Waals surface area contributed by atoms with E-state index in [-0.39, 0.29) is 0 Å². The van der Waals surface area contributed by atoms with Crippen LogP contribution < -0.4 is 110 Å². The molecule has 2 fully saturated rings. The van der Waals surface area contributed by atoms with Crippen molar-refractivity contribution in [1.82, 2.24) is 59.8 Å². The Morgan fingerprint density at radius 3 is 0.929 bits per heavy atom. The van der Waals surface area contributed by atoms with E-state index in [1.54, 1.807) is 56.9 Å². The number of para-hydroxylation sites is 2. The second kappa shape index (κ2) is 45.9. The smallest absolute Gasteiger partial charge is 0.233 e. The largest absolute Gasteiger partial charge is 0.497 e. The minimum Gasteiger partial charge on any atom is -0.497 e. The number of hydrogen-bond donors (Lipinski definition) is 9. The van der Waals surface area contributed by atoms with Gasteiger partial charge >= 0.3 is 0 Å². The van der Waals surface area contributed by atoms with E-state index < -0.39 is 0 Å². The molecule has 17 aromatic rings. The summed E-state index contributed by atoms with van der Waals surface area (Å²) in [6, 6.07) is 74.5. The van der Waals surface area contributed by atoms with Crippen LogP contribution in [0.2, 0.25) is 15.1 Å². The maximum atomic E-state index is 6.33. The highest BCUT2D eigenvalue weighted by Crippen LogP contribution is 2.40. The quantitative estimate of drug-likeness (QED) is 0.0130. The first-order chi connectivity index (χ1) is 68.9. The summed E-state index contributed by atoms with van der Waals surface area (Å²) in [5.74, 6) is 10.2. The Morgan fingerprint density at radius 2 is 0.560 bits per heavy atom. The Bertz CT molecular complexity index is 7160. The molecule has 2 aliphatic rings. The standard InChI is InChI=1S/C38H40ClN9O3.C37H38ClN9O3.C29H31ClN8O2/c1-49-28-11-13-33-32(24-28)35(31-12-10-25(39)20-34(31)43-33)40-14-7-15-41-36-44-37(42-26-21-29(50-2)23-30(22-26)51-3)46-38(45-36)48-18-16-47(17-19-48)27-8-5-4-6-9-27;1-48-27-10-12-32-31(23-27)34(30-11-9-24(38)19-33(30)42-32)39-13-14-40-35-43-36(41-25-20-28(49-2)22-29(21-25)50-3)45-37(44-35)47-17-15-46(16-18-47)26-7-5-4-6-8-26;1-38(2)29-36-27(35-28(37-29)33-19-7-9-20(39-3)10-8-19)32-15-5-14-31-26-22-12-6-18(30)16-25(22)34-24-13-11-21(40-4)17-23(24)26/h4-6,8-13,20-24H,7,14-19H2,1-3H3,(H,40,43)(H2,41,42,44,45,46);4-12,19-23H,13-18H2,1-3H3,(H,39,42)(H2,40,41,43,44,45);6-13,16-17H,5,14-15H2,1-4H3,(H,31,34)(H2,32,33,35,36,37). The Morgan fingerprint density at radius 1 is 0.255 bits per heavy atom. The normalized spacial score (nSPS) is 12.4. The Balaban J connectivity index is 0.000000147. The van der Waals surface area contributed by atoms with E-state index in [4.69, 9.17) is 118 Å². The Hall–Kier alpha value is -16.1. The fraction of sp³-hybridized carbons (Fsp3) is 0.250. The van der Waals surface area contributed by atoms with E-state index in [0.29, 0.717) is 131 Å². The zero-order valence-corrected chi connectivity index (χ0v) is 82.0. The van der Waals surface area contributed by atoms with Crippen LogP contribution in [0.3, 0.4) is 0 Å². The van der Waals surface area contributed by atoms with Crippen LogP contribution in [0.15, 0.2) is 231 Å². The number of hydrogen-bond acceptors (Lipinski definition) is 34. The van der Waals surface area contributed by atoms with Gasteiger partial charge < -0.3 is 110 Å². The van der Waals surface area contributed by atoms with Gasteiger partial charge in [0.25, 0.3) is 0 Å². The Labute approximate surface area is 831 Å². The van der Waals surface area contributed by atoms with Crippen molar-refractivity contribution in [3.63, 3.8) is 0 Å². The van der Waals surface area contributed by atoms with Gasteiger partial charge in [0.15, 0.2) is 0 Å². The molecular weight excluding hydrogens is 1850 g/mol. The summed E-state index contributed by atoms with van der Waals surface area (Å²) in [4.78, 5) is 68.0. The first-order valence-corrected chi connectivity index (χ1v) is 47.2. The van der Waals surface area contributed by atoms with Crippen molar-refractivity contribution < 1.29 is 37.9 Å². The third-order valence-electron chi connectivity index (χ3n) is 23.6. The summed E-state index contributed by atoms with van der Waals surface area (Å²) in [6.45, 7) is 10.3. The SMILES string of the molecule is COc1cc(Nc2nc(NCCCNc3c4ccc(Cl)cc4nc4ccc(OC)cc34)nc(N3CCN(c4ccccc4)CC3)n2)cc(OC)c1.COc1cc(Nc2nc(NCCNc3c4ccc(Cl)cc4nc4ccc(OC)cc34)nc(N3CCN(c4ccccc4)CC3)n2)cc(OC)c1.COc1ccc(Nc2nc(NCCCNc3c4ccc(Cl)cc4nc4ccc(OC)cc34)nc(N(C)C)n2)cc1. The molecule has 9 N–H and O–H groups in total. The highest BCUT2D eigenvalue weighted by atomic mass is 35.5. The Kier molecular flexibility index (Phi) is 31.5. The van der Waals surface area contributed by atoms with Gasteiger partial charge in [0.05, 0.1) is 107 Å². The van der Waals surface area contributed by atoms with Crippen molar-refractivity contribution in [2.24, 2.45) is 0 Å². The number of halogens is 3. The van der Waals surface area contributed by atoms with Crippen LogP contribution in [0, 0.1) is 0 Å². The predicted molar refractivity (Wildman–Crippen MR) is 570 cm³/mol. The molecule has 0 atom stereocenters. The fourth-order valence-electron chi connectivity index (χ4n) is 16.4. The molecule has 724 valence electrons. The molecule has 6 aromatic heterocycles. The van der Waals surface area contributed by atoms with Gasteiger partial charge in [-0.2, -0.15) is 44.9 Å². The van der Waals surface area contributed by atoms with Crippen LogP contribution in [0.5, 0.6) is 46.0 Å². The molecule has 141 heavy (non-hydrogen) atoms. The number of pyridine rings is 3. The number of rotatable bonds is 36. The molecule has 11 aromatic carbocycles. The summed E-state index contributed by atoms with van der Waals surface area (Å²) in [5, 5.41) is 38.8. The second-order valence-corrected chi connectivity index (χ2v) is 34.3. The summed E-state index contributed by atoms with van der Waals surface area (Å²) in [5.41, 5.74) is 12.7. The molecule has 0 aliphatic carbocycles. The van der Waals surface area contributed by atoms with Crippen molar-refractivity contribution in [2.75, 3.05) is 235 Å². The van der Waals surface area contributed by atoms with Crippen LogP contribution in [0.4, 0.5) is 99.0 Å². The minimum absolute atomic E-state index is 0.404. The topological polar surface area (TPSA) is 353 Å². The monoisotopic (exact) mass is 1950 g/mol. The highest BCUT2D eigenvalue weighted by molar-refractivity contribution is 6.32. The lowest BCUT2D eigenvalue weighted by atomic mass is 10.1. The van der Waals surface area contributed by atoms with Gasteiger partial charge in [0, 0.05) is 218 Å². The van der Waals surface area contributed by atoms with E-state index in [1.807, 2.05) is 201 Å². The molecular formula is C104H109Cl3N26O8. The number of benzene rings is 11. The van der Waals surface area contributed by atoms with Crippen LogP contribution in [0.1, 0.15) is 12.8 Å². The van der Waals surface area contributed by atoms with E-state index in [2.05, 4.69) is 131 Å². The van der Waals surface area contributed by atoms with Crippen molar-refractivity contribution in [3.8, 4) is 46.0 Å². The summed E-state index contributed by atoms with van der Waals surface area (Å²) < 4.78 is 43.6. The fourth-order valence-corrected chi connectivity index (χ4v) is 16.9. The number of nitrogens with one attached hydrogen (secondary N) is 9. The van der Waals surface area contributed by atoms with Gasteiger partial charge in [-0.15, -0.1) is 0 Å². The molecule has 2 aliphatic heterocycles. The number of anilines is 17. The average Bonchev–Trinajstić information content (AvgIpc) is 0.773. The molecule has 0 bridgehead atoms. The molecule has 0 amide bonds. The van der Waals surface area contributed by atoms with Crippen molar-refractivity contribution in [1.29, 1.82) is 0 Å². The van der Waals surface area contributed by atoms with E-state index in [1.165, 1.54) is 11.4 Å². The van der Waals surface area contributed by atoms with Crippen molar-refractivity contribution in [3.05, 3.63) is 246 Å². The maximum absolute atomic E-state index is 6.33. The number of nitrogens with zero attached hydrogens (tertiary/aromatic N) is 17. The van der Waals surface area contributed by atoms with Crippen LogP contribution in [0.25, 0.3) is 65.4 Å². The summed E-state index contributed by atoms with van der Waals surface area (Å²) in [6.07, 6.45) is 1.60. The average molecular weight is 1960 g/mol. The highest BCUT2D eigenvalue weighted by Gasteiger charge is 2.26. The number of methoxy groups -OCH3 is 8. The van der Waals surface area contributed by atoms with Gasteiger partial charge in [0.1, 0.15) is 46.0 Å². The minimum atomic E-state index is 0.404. The van der Waals surface area contributed by atoms with Crippen LogP contribution in [-0.2, 0) is 0 Å². The first kappa shape index (κ1) is 96.6. The third-order valence-corrected chi connectivity index (χ3v) is 24.3. The van der Waals surface area contributed by atoms with Gasteiger partial charge in [-0.3, -0.25) is 0 Å². The molecule has 0 saturated carbocycles. The van der Waals surface area contributed by atoms with E-state index >= 15 is 0 Å². The molecule has 0 unspecified atom stereocenters. The van der Waals surface area contributed by atoms with Gasteiger partial charge in [-0.05, 0) is 171 Å². The van der Waals surface area contributed by atoms with Gasteiger partial charge in [-0.25, -0.2) is 15.0 Å². The molecule has 2 saturated heterocycles. The lowest BCUT2D eigenvalue weighted by Gasteiger charge is -2.36. The zero-order chi connectivity index (χ0) is 97.7. The lowest BCUT2D eigenvalue weighted by molar-refractivity contribution is 0.394. The first-order valence-electron chi connectivity index (χ1n) is 46.0. The van der Waals surface area contributed by atoms with Crippen LogP contribution in [-0.4, -0.2) is 222 Å². The third kappa shape index (κ3) is 24.4. The lowest BCUT2D eigenvalue weighted by Crippen LogP contribution is -2.47. The molecule has 37 heteroatoms. The van der Waals surface area contributed by atoms with Crippen molar-refractivity contribution in [2.45, 2.75) is 12.8 Å². The maximum Gasteiger partial charge on any atom is 0.233 e. The summed E-state index contributed by atoms with van der Waals surface area (Å²) in [7, 11) is 16.9. The van der Waals surface area contributed by atoms with Gasteiger partial charge in [-0.1, -0.05) is 71.2 Å². The van der Waals surface area contributed by atoms with Crippen LogP contribution >= 0.6 is 34.8 Å². The number of piperazine rings is 2. The molecule has 34 nitrogen and oxygen atoms in total. The van der Waals surface area contributed by atoms with Crippen molar-refractivity contribution >= 4 is 199 Å². The zero-order valence-electron chi connectivity index (χ0n) is 79.8. The van der Waals surface area contributed by atoms with Gasteiger partial charge in [0.2, 0.25) is 53.5 Å². The number of fused-ring (bicyclic) bond motifs is 6. The van der Waals surface area contributed by atoms with E-state index in [9.17, 15) is 0 Å². The molecule has 8 heterocycles.